The number of piperidine rings is 1. The summed E-state index contributed by atoms with van der Waals surface area (Å²) in [7, 11) is 1.69. The number of carbonyl (C=O) groups is 1. The molecule has 0 unspecified atom stereocenters. The Balaban J connectivity index is 1.38. The standard InChI is InChI=1S/C26H31N3O2S/c1-3-14-29(18-22-19-32-25(27-22)21-10-7-11-24(17-21)31-2)23-12-15-28(16-13-23)26(30)20-8-5-4-6-9-20/h4-11,17,19,23H,3,12-16,18H2,1-2H3. The van der Waals surface area contributed by atoms with Crippen LogP contribution in [-0.2, 0) is 6.54 Å². The predicted molar refractivity (Wildman–Crippen MR) is 130 cm³/mol. The van der Waals surface area contributed by atoms with Gasteiger partial charge in [0.1, 0.15) is 10.8 Å². The Morgan fingerprint density at radius 3 is 2.66 bits per heavy atom. The van der Waals surface area contributed by atoms with E-state index in [0.717, 1.165) is 73.0 Å². The van der Waals surface area contributed by atoms with Gasteiger partial charge in [-0.15, -0.1) is 11.3 Å². The fourth-order valence-electron chi connectivity index (χ4n) is 4.35. The van der Waals surface area contributed by atoms with E-state index in [-0.39, 0.29) is 5.91 Å². The van der Waals surface area contributed by atoms with Crippen LogP contribution >= 0.6 is 11.3 Å². The van der Waals surface area contributed by atoms with Gasteiger partial charge in [-0.25, -0.2) is 4.98 Å². The molecule has 2 heterocycles. The normalized spacial score (nSPS) is 14.7. The van der Waals surface area contributed by atoms with Gasteiger partial charge in [-0.3, -0.25) is 9.69 Å². The fraction of sp³-hybridized carbons (Fsp3) is 0.385. The first-order valence-corrected chi connectivity index (χ1v) is 12.2. The van der Waals surface area contributed by atoms with Crippen molar-refractivity contribution in [3.63, 3.8) is 0 Å². The average Bonchev–Trinajstić information content (AvgIpc) is 3.33. The molecular formula is C26H31N3O2S. The molecule has 3 aromatic rings. The van der Waals surface area contributed by atoms with E-state index in [1.807, 2.05) is 53.4 Å². The van der Waals surface area contributed by atoms with E-state index in [4.69, 9.17) is 9.72 Å². The second-order valence-corrected chi connectivity index (χ2v) is 9.09. The number of ether oxygens (including phenoxy) is 1. The first-order chi connectivity index (χ1) is 15.7. The van der Waals surface area contributed by atoms with Gasteiger partial charge in [0, 0.05) is 42.2 Å². The average molecular weight is 450 g/mol. The molecule has 1 amide bonds. The zero-order chi connectivity index (χ0) is 22.3. The summed E-state index contributed by atoms with van der Waals surface area (Å²) in [5.74, 6) is 0.997. The minimum absolute atomic E-state index is 0.147. The van der Waals surface area contributed by atoms with Crippen LogP contribution in [0.5, 0.6) is 5.75 Å². The van der Waals surface area contributed by atoms with Gasteiger partial charge in [0.05, 0.1) is 12.8 Å². The van der Waals surface area contributed by atoms with Gasteiger partial charge in [0.2, 0.25) is 0 Å². The smallest absolute Gasteiger partial charge is 0.253 e. The molecule has 168 valence electrons. The van der Waals surface area contributed by atoms with Gasteiger partial charge >= 0.3 is 0 Å². The van der Waals surface area contributed by atoms with Crippen molar-refractivity contribution < 1.29 is 9.53 Å². The molecule has 1 fully saturated rings. The molecule has 0 spiro atoms. The third-order valence-electron chi connectivity index (χ3n) is 6.03. The van der Waals surface area contributed by atoms with Crippen LogP contribution in [0.4, 0.5) is 0 Å². The van der Waals surface area contributed by atoms with E-state index in [9.17, 15) is 4.79 Å². The summed E-state index contributed by atoms with van der Waals surface area (Å²) < 4.78 is 5.35. The number of hydrogen-bond donors (Lipinski definition) is 0. The second kappa shape index (κ2) is 10.7. The molecule has 1 saturated heterocycles. The first-order valence-electron chi connectivity index (χ1n) is 11.3. The number of hydrogen-bond acceptors (Lipinski definition) is 5. The number of carbonyl (C=O) groups excluding carboxylic acids is 1. The van der Waals surface area contributed by atoms with Crippen molar-refractivity contribution >= 4 is 17.2 Å². The highest BCUT2D eigenvalue weighted by Gasteiger charge is 2.27. The highest BCUT2D eigenvalue weighted by molar-refractivity contribution is 7.13. The van der Waals surface area contributed by atoms with Crippen LogP contribution < -0.4 is 4.74 Å². The number of rotatable bonds is 8. The Morgan fingerprint density at radius 2 is 1.94 bits per heavy atom. The molecule has 2 aromatic carbocycles. The lowest BCUT2D eigenvalue weighted by atomic mass is 10.0. The van der Waals surface area contributed by atoms with Crippen LogP contribution in [0.1, 0.15) is 42.2 Å². The number of amides is 1. The highest BCUT2D eigenvalue weighted by Crippen LogP contribution is 2.28. The zero-order valence-corrected chi connectivity index (χ0v) is 19.7. The Morgan fingerprint density at radius 1 is 1.16 bits per heavy atom. The summed E-state index contributed by atoms with van der Waals surface area (Å²) in [6, 6.07) is 18.2. The number of likely N-dealkylation sites (tertiary alicyclic amines) is 1. The maximum absolute atomic E-state index is 12.8. The van der Waals surface area contributed by atoms with Crippen molar-refractivity contribution in [3.8, 4) is 16.3 Å². The topological polar surface area (TPSA) is 45.7 Å². The summed E-state index contributed by atoms with van der Waals surface area (Å²) in [5, 5.41) is 3.20. The van der Waals surface area contributed by atoms with Gasteiger partial charge in [-0.2, -0.15) is 0 Å². The number of benzene rings is 2. The predicted octanol–water partition coefficient (Wildman–Crippen LogP) is 5.34. The van der Waals surface area contributed by atoms with Crippen molar-refractivity contribution in [1.82, 2.24) is 14.8 Å². The molecule has 1 aliphatic heterocycles. The Kier molecular flexibility index (Phi) is 7.55. The lowest BCUT2D eigenvalue weighted by Gasteiger charge is -2.38. The molecular weight excluding hydrogens is 418 g/mol. The molecule has 6 heteroatoms. The van der Waals surface area contributed by atoms with Crippen molar-refractivity contribution in [2.24, 2.45) is 0 Å². The molecule has 32 heavy (non-hydrogen) atoms. The van der Waals surface area contributed by atoms with E-state index < -0.39 is 0 Å². The van der Waals surface area contributed by atoms with Gasteiger partial charge < -0.3 is 9.64 Å². The van der Waals surface area contributed by atoms with Gasteiger partial charge in [-0.1, -0.05) is 37.3 Å². The lowest BCUT2D eigenvalue weighted by Crippen LogP contribution is -2.46. The third kappa shape index (κ3) is 5.37. The van der Waals surface area contributed by atoms with Crippen molar-refractivity contribution in [3.05, 3.63) is 71.2 Å². The fourth-order valence-corrected chi connectivity index (χ4v) is 5.16. The molecule has 0 radical (unpaired) electrons. The number of nitrogens with zero attached hydrogens (tertiary/aromatic N) is 3. The molecule has 1 aromatic heterocycles. The minimum atomic E-state index is 0.147. The van der Waals surface area contributed by atoms with Crippen molar-refractivity contribution in [2.45, 2.75) is 38.8 Å². The van der Waals surface area contributed by atoms with Crippen LogP contribution in [0.15, 0.2) is 60.0 Å². The van der Waals surface area contributed by atoms with Gasteiger partial charge in [-0.05, 0) is 50.1 Å². The Labute approximate surface area is 194 Å². The Bertz CT molecular complexity index is 1010. The van der Waals surface area contributed by atoms with Crippen LogP contribution in [0.3, 0.4) is 0 Å². The van der Waals surface area contributed by atoms with Gasteiger partial charge in [0.25, 0.3) is 5.91 Å². The summed E-state index contributed by atoms with van der Waals surface area (Å²) in [4.78, 5) is 22.2. The van der Waals surface area contributed by atoms with Crippen LogP contribution in [0, 0.1) is 0 Å². The third-order valence-corrected chi connectivity index (χ3v) is 6.97. The maximum Gasteiger partial charge on any atom is 0.253 e. The van der Waals surface area contributed by atoms with Crippen molar-refractivity contribution in [2.75, 3.05) is 26.7 Å². The van der Waals surface area contributed by atoms with E-state index >= 15 is 0 Å². The molecule has 0 aliphatic carbocycles. The summed E-state index contributed by atoms with van der Waals surface area (Å²) >= 11 is 1.68. The van der Waals surface area contributed by atoms with Crippen LogP contribution in [0.2, 0.25) is 0 Å². The van der Waals surface area contributed by atoms with E-state index in [1.54, 1.807) is 18.4 Å². The van der Waals surface area contributed by atoms with Crippen LogP contribution in [0.25, 0.3) is 10.6 Å². The first kappa shape index (κ1) is 22.5. The summed E-state index contributed by atoms with van der Waals surface area (Å²) in [6.07, 6.45) is 3.12. The molecule has 5 nitrogen and oxygen atoms in total. The zero-order valence-electron chi connectivity index (χ0n) is 18.9. The molecule has 0 bridgehead atoms. The van der Waals surface area contributed by atoms with E-state index in [0.29, 0.717) is 6.04 Å². The highest BCUT2D eigenvalue weighted by atomic mass is 32.1. The monoisotopic (exact) mass is 449 g/mol. The minimum Gasteiger partial charge on any atom is -0.497 e. The largest absolute Gasteiger partial charge is 0.497 e. The van der Waals surface area contributed by atoms with Crippen molar-refractivity contribution in [1.29, 1.82) is 0 Å². The summed E-state index contributed by atoms with van der Waals surface area (Å²) in [5.41, 5.74) is 2.99. The van der Waals surface area contributed by atoms with E-state index in [1.165, 1.54) is 0 Å². The van der Waals surface area contributed by atoms with Gasteiger partial charge in [0.15, 0.2) is 0 Å². The number of aromatic nitrogens is 1. The molecule has 1 aliphatic rings. The quantitative estimate of drug-likeness (QED) is 0.466. The SMILES string of the molecule is CCCN(Cc1csc(-c2cccc(OC)c2)n1)C1CCN(C(=O)c2ccccc2)CC1. The maximum atomic E-state index is 12.8. The molecule has 0 N–H and O–H groups in total. The van der Waals surface area contributed by atoms with Crippen LogP contribution in [-0.4, -0.2) is 53.5 Å². The number of thiazole rings is 1. The Hall–Kier alpha value is -2.70. The number of methoxy groups -OCH3 is 1. The molecule has 4 rings (SSSR count). The molecule has 0 saturated carbocycles. The second-order valence-electron chi connectivity index (χ2n) is 8.24. The summed E-state index contributed by atoms with van der Waals surface area (Å²) in [6.45, 7) is 5.74. The lowest BCUT2D eigenvalue weighted by molar-refractivity contribution is 0.0605. The van der Waals surface area contributed by atoms with E-state index in [2.05, 4.69) is 23.3 Å². The molecule has 0 atom stereocenters.